The number of nitrogens with one attached hydrogen (secondary N) is 1. The van der Waals surface area contributed by atoms with Gasteiger partial charge in [0.2, 0.25) is 12.2 Å². The third-order valence-electron chi connectivity index (χ3n) is 4.08. The van der Waals surface area contributed by atoms with E-state index in [4.69, 9.17) is 0 Å². The molecule has 0 fully saturated rings. The fourth-order valence-corrected chi connectivity index (χ4v) is 2.46. The van der Waals surface area contributed by atoms with Crippen molar-refractivity contribution in [3.8, 4) is 0 Å². The van der Waals surface area contributed by atoms with Crippen molar-refractivity contribution in [3.63, 3.8) is 0 Å². The Balaban J connectivity index is 3.20. The molecule has 0 aliphatic carbocycles. The summed E-state index contributed by atoms with van der Waals surface area (Å²) >= 11 is 0. The molecule has 1 aromatic carbocycles. The van der Waals surface area contributed by atoms with Gasteiger partial charge < -0.3 is 5.32 Å². The predicted octanol–water partition coefficient (Wildman–Crippen LogP) is 2.39. The molecule has 0 aromatic heterocycles. The van der Waals surface area contributed by atoms with Crippen molar-refractivity contribution >= 4 is 12.2 Å². The summed E-state index contributed by atoms with van der Waals surface area (Å²) in [5.74, 6) is -0.204. The number of hydrogen-bond acceptors (Lipinski definition) is 2. The lowest BCUT2D eigenvalue weighted by molar-refractivity contribution is -0.119. The van der Waals surface area contributed by atoms with Crippen LogP contribution >= 0.6 is 0 Å². The summed E-state index contributed by atoms with van der Waals surface area (Å²) in [6, 6.07) is -0.573. The maximum atomic E-state index is 11.1. The highest BCUT2D eigenvalue weighted by Gasteiger charge is 2.17. The van der Waals surface area contributed by atoms with Gasteiger partial charge in [-0.05, 0) is 68.0 Å². The Kier molecular flexibility index (Phi) is 4.87. The van der Waals surface area contributed by atoms with Gasteiger partial charge in [-0.3, -0.25) is 9.59 Å². The predicted molar refractivity (Wildman–Crippen MR) is 77.1 cm³/mol. The minimum atomic E-state index is -0.573. The van der Waals surface area contributed by atoms with Gasteiger partial charge in [-0.1, -0.05) is 0 Å². The molecule has 1 aromatic rings. The third-order valence-corrected chi connectivity index (χ3v) is 4.08. The SMILES string of the molecule is CC(=O)N[C@H]([C]=O)Cc1c(C)c(C)c(C)c(C)c1C. The van der Waals surface area contributed by atoms with E-state index in [1.807, 2.05) is 6.29 Å². The lowest BCUT2D eigenvalue weighted by atomic mass is 9.87. The molecule has 0 aliphatic heterocycles. The number of carbonyl (C=O) groups excluding carboxylic acids is 2. The molecule has 0 bridgehead atoms. The quantitative estimate of drug-likeness (QED) is 0.903. The van der Waals surface area contributed by atoms with Crippen LogP contribution in [0, 0.1) is 34.6 Å². The van der Waals surface area contributed by atoms with E-state index >= 15 is 0 Å². The number of amides is 1. The van der Waals surface area contributed by atoms with Gasteiger partial charge >= 0.3 is 0 Å². The largest absolute Gasteiger partial charge is 0.346 e. The van der Waals surface area contributed by atoms with Crippen molar-refractivity contribution in [2.45, 2.75) is 54.0 Å². The Bertz CT molecular complexity index is 489. The van der Waals surface area contributed by atoms with E-state index in [-0.39, 0.29) is 5.91 Å². The summed E-state index contributed by atoms with van der Waals surface area (Å²) < 4.78 is 0. The maximum absolute atomic E-state index is 11.1. The topological polar surface area (TPSA) is 46.2 Å². The highest BCUT2D eigenvalue weighted by molar-refractivity contribution is 5.77. The summed E-state index contributed by atoms with van der Waals surface area (Å²) in [4.78, 5) is 22.0. The smallest absolute Gasteiger partial charge is 0.223 e. The van der Waals surface area contributed by atoms with Gasteiger partial charge in [0, 0.05) is 13.3 Å². The number of hydrogen-bond donors (Lipinski definition) is 1. The molecule has 0 aliphatic rings. The molecule has 1 amide bonds. The second-order valence-corrected chi connectivity index (χ2v) is 5.18. The van der Waals surface area contributed by atoms with E-state index in [2.05, 4.69) is 39.9 Å². The minimum Gasteiger partial charge on any atom is -0.346 e. The lowest BCUT2D eigenvalue weighted by Crippen LogP contribution is -2.36. The molecule has 1 atom stereocenters. The maximum Gasteiger partial charge on any atom is 0.223 e. The molecule has 19 heavy (non-hydrogen) atoms. The van der Waals surface area contributed by atoms with Crippen molar-refractivity contribution in [1.82, 2.24) is 5.32 Å². The molecule has 3 heteroatoms. The van der Waals surface area contributed by atoms with E-state index in [0.29, 0.717) is 6.42 Å². The monoisotopic (exact) mass is 260 g/mol. The Hall–Kier alpha value is -1.64. The van der Waals surface area contributed by atoms with Gasteiger partial charge in [0.15, 0.2) is 0 Å². The first kappa shape index (κ1) is 15.4. The normalized spacial score (nSPS) is 12.1. The van der Waals surface area contributed by atoms with E-state index < -0.39 is 6.04 Å². The highest BCUT2D eigenvalue weighted by Crippen LogP contribution is 2.26. The molecular formula is C16H22NO2. The molecule has 103 valence electrons. The van der Waals surface area contributed by atoms with Crippen LogP contribution in [0.15, 0.2) is 0 Å². The minimum absolute atomic E-state index is 0.204. The molecular weight excluding hydrogens is 238 g/mol. The number of rotatable bonds is 4. The zero-order valence-electron chi connectivity index (χ0n) is 12.6. The van der Waals surface area contributed by atoms with Crippen molar-refractivity contribution in [2.75, 3.05) is 0 Å². The first-order chi connectivity index (χ1) is 8.79. The lowest BCUT2D eigenvalue weighted by Gasteiger charge is -2.20. The average molecular weight is 260 g/mol. The number of benzene rings is 1. The van der Waals surface area contributed by atoms with Gasteiger partial charge in [-0.25, -0.2) is 0 Å². The molecule has 0 unspecified atom stereocenters. The summed E-state index contributed by atoms with van der Waals surface area (Å²) in [7, 11) is 0. The Morgan fingerprint density at radius 3 is 1.79 bits per heavy atom. The van der Waals surface area contributed by atoms with Crippen LogP contribution < -0.4 is 5.32 Å². The van der Waals surface area contributed by atoms with Gasteiger partial charge in [-0.15, -0.1) is 0 Å². The fraction of sp³-hybridized carbons (Fsp3) is 0.500. The standard InChI is InChI=1S/C16H22NO2/c1-9-10(2)12(4)16(13(5)11(9)3)7-15(8-18)17-14(6)19/h15H,7H2,1-6H3,(H,17,19)/t15-/m0/s1. The first-order valence-corrected chi connectivity index (χ1v) is 6.50. The second-order valence-electron chi connectivity index (χ2n) is 5.18. The molecule has 1 radical (unpaired) electrons. The molecule has 0 saturated carbocycles. The zero-order valence-corrected chi connectivity index (χ0v) is 12.6. The van der Waals surface area contributed by atoms with Crippen molar-refractivity contribution in [3.05, 3.63) is 33.4 Å². The molecule has 0 heterocycles. The van der Waals surface area contributed by atoms with Gasteiger partial charge in [0.05, 0.1) is 6.04 Å². The van der Waals surface area contributed by atoms with Crippen molar-refractivity contribution < 1.29 is 9.59 Å². The van der Waals surface area contributed by atoms with Crippen LogP contribution in [0.3, 0.4) is 0 Å². The summed E-state index contributed by atoms with van der Waals surface area (Å²) in [5.41, 5.74) is 7.35. The Morgan fingerprint density at radius 2 is 1.42 bits per heavy atom. The Morgan fingerprint density at radius 1 is 1.00 bits per heavy atom. The van der Waals surface area contributed by atoms with Crippen molar-refractivity contribution in [1.29, 1.82) is 0 Å². The molecule has 1 N–H and O–H groups in total. The second kappa shape index (κ2) is 6.00. The van der Waals surface area contributed by atoms with Gasteiger partial charge in [0.25, 0.3) is 0 Å². The average Bonchev–Trinajstić information content (AvgIpc) is 2.37. The number of carbonyl (C=O) groups is 1. The summed E-state index contributed by atoms with van der Waals surface area (Å²) in [5, 5.41) is 2.62. The zero-order chi connectivity index (χ0) is 14.7. The van der Waals surface area contributed by atoms with Gasteiger partial charge in [0.1, 0.15) is 0 Å². The van der Waals surface area contributed by atoms with E-state index in [1.165, 1.54) is 34.7 Å². The molecule has 0 saturated heterocycles. The fourth-order valence-electron chi connectivity index (χ4n) is 2.46. The van der Waals surface area contributed by atoms with Crippen molar-refractivity contribution in [2.24, 2.45) is 0 Å². The Labute approximate surface area is 115 Å². The van der Waals surface area contributed by atoms with Crippen LogP contribution in [-0.4, -0.2) is 18.2 Å². The molecule has 1 rings (SSSR count). The first-order valence-electron chi connectivity index (χ1n) is 6.50. The van der Waals surface area contributed by atoms with Gasteiger partial charge in [-0.2, -0.15) is 0 Å². The van der Waals surface area contributed by atoms with E-state index in [9.17, 15) is 9.59 Å². The van der Waals surface area contributed by atoms with Crippen LogP contribution in [0.4, 0.5) is 0 Å². The van der Waals surface area contributed by atoms with E-state index in [0.717, 1.165) is 5.56 Å². The highest BCUT2D eigenvalue weighted by atomic mass is 16.2. The van der Waals surface area contributed by atoms with Crippen LogP contribution in [0.1, 0.15) is 40.3 Å². The summed E-state index contributed by atoms with van der Waals surface area (Å²) in [6.07, 6.45) is 2.41. The third kappa shape index (κ3) is 3.22. The van der Waals surface area contributed by atoms with Crippen LogP contribution in [-0.2, 0) is 16.0 Å². The summed E-state index contributed by atoms with van der Waals surface area (Å²) in [6.45, 7) is 11.9. The van der Waals surface area contributed by atoms with Crippen LogP contribution in [0.25, 0.3) is 0 Å². The molecule has 3 nitrogen and oxygen atoms in total. The van der Waals surface area contributed by atoms with Crippen LogP contribution in [0.5, 0.6) is 0 Å². The van der Waals surface area contributed by atoms with E-state index in [1.54, 1.807) is 0 Å². The van der Waals surface area contributed by atoms with Crippen LogP contribution in [0.2, 0.25) is 0 Å². The molecule has 0 spiro atoms.